The number of hydrogen-bond donors (Lipinski definition) is 3. The Morgan fingerprint density at radius 3 is 2.37 bits per heavy atom. The number of nitrogens with zero attached hydrogens (tertiary/aromatic N) is 1. The third-order valence-corrected chi connectivity index (χ3v) is 4.69. The summed E-state index contributed by atoms with van der Waals surface area (Å²) in [5.74, 6) is -0.264. The van der Waals surface area contributed by atoms with E-state index in [2.05, 4.69) is 46.8 Å². The van der Waals surface area contributed by atoms with Crippen molar-refractivity contribution in [3.8, 4) is 11.3 Å². The Morgan fingerprint density at radius 1 is 1.04 bits per heavy atom. The van der Waals surface area contributed by atoms with Crippen molar-refractivity contribution in [2.45, 2.75) is 19.8 Å². The molecule has 0 atom stereocenters. The van der Waals surface area contributed by atoms with Crippen LogP contribution in [-0.4, -0.2) is 16.9 Å². The molecule has 0 radical (unpaired) electrons. The van der Waals surface area contributed by atoms with E-state index in [1.165, 1.54) is 16.9 Å². The lowest BCUT2D eigenvalue weighted by molar-refractivity contribution is 0.102. The number of benzene rings is 2. The molecule has 1 aromatic heterocycles. The lowest BCUT2D eigenvalue weighted by Crippen LogP contribution is -2.19. The van der Waals surface area contributed by atoms with Crippen molar-refractivity contribution >= 4 is 34.1 Å². The fraction of sp³-hybridized carbons (Fsp3) is 0.150. The van der Waals surface area contributed by atoms with Crippen LogP contribution in [0.15, 0.2) is 53.9 Å². The average Bonchev–Trinajstić information content (AvgIpc) is 3.11. The van der Waals surface area contributed by atoms with Gasteiger partial charge in [-0.3, -0.25) is 10.1 Å². The predicted octanol–water partition coefficient (Wildman–Crippen LogP) is 4.51. The molecular weight excluding hydrogens is 360 g/mol. The summed E-state index contributed by atoms with van der Waals surface area (Å²) < 4.78 is 0. The lowest BCUT2D eigenvalue weighted by atomic mass is 10.1. The highest BCUT2D eigenvalue weighted by Gasteiger charge is 2.10. The maximum atomic E-state index is 12.4. The molecule has 0 bridgehead atoms. The Hall–Kier alpha value is -3.19. The first-order valence-electron chi connectivity index (χ1n) is 8.58. The van der Waals surface area contributed by atoms with Crippen molar-refractivity contribution in [1.29, 1.82) is 0 Å². The van der Waals surface area contributed by atoms with E-state index in [0.717, 1.165) is 24.1 Å². The summed E-state index contributed by atoms with van der Waals surface area (Å²) in [6.45, 7) is 2.16. The Bertz CT molecular complexity index is 933. The number of carbonyl (C=O) groups excluding carboxylic acids is 2. The van der Waals surface area contributed by atoms with Gasteiger partial charge in [-0.05, 0) is 36.2 Å². The van der Waals surface area contributed by atoms with Crippen molar-refractivity contribution in [1.82, 2.24) is 4.98 Å². The van der Waals surface area contributed by atoms with Crippen LogP contribution < -0.4 is 16.4 Å². The van der Waals surface area contributed by atoms with Crippen molar-refractivity contribution in [3.63, 3.8) is 0 Å². The number of nitrogens with two attached hydrogens (primary N) is 1. The monoisotopic (exact) mass is 380 g/mol. The summed E-state index contributed by atoms with van der Waals surface area (Å²) in [5, 5.41) is 7.70. The van der Waals surface area contributed by atoms with Gasteiger partial charge in [-0.25, -0.2) is 9.78 Å². The fourth-order valence-electron chi connectivity index (χ4n) is 2.61. The standard InChI is InChI=1S/C20H20N4O2S/c1-2-3-13-4-6-14(7-5-13)17-12-27-20(23-17)24-18(25)15-8-10-16(11-9-15)22-19(21)26/h4-12H,2-3H2,1H3,(H3,21,22,26)(H,23,24,25). The topological polar surface area (TPSA) is 97.1 Å². The summed E-state index contributed by atoms with van der Waals surface area (Å²) in [7, 11) is 0. The van der Waals surface area contributed by atoms with Gasteiger partial charge in [-0.15, -0.1) is 11.3 Å². The quantitative estimate of drug-likeness (QED) is 0.587. The van der Waals surface area contributed by atoms with Gasteiger partial charge in [0.15, 0.2) is 5.13 Å². The normalized spacial score (nSPS) is 10.4. The number of nitrogens with one attached hydrogen (secondary N) is 2. The average molecular weight is 380 g/mol. The number of aryl methyl sites for hydroxylation is 1. The minimum absolute atomic E-state index is 0.264. The smallest absolute Gasteiger partial charge is 0.316 e. The second kappa shape index (κ2) is 8.46. The van der Waals surface area contributed by atoms with Gasteiger partial charge in [0.1, 0.15) is 0 Å². The van der Waals surface area contributed by atoms with Gasteiger partial charge in [0.2, 0.25) is 0 Å². The highest BCUT2D eigenvalue weighted by atomic mass is 32.1. The molecule has 0 aliphatic rings. The molecular formula is C20H20N4O2S. The molecule has 2 aromatic carbocycles. The highest BCUT2D eigenvalue weighted by Crippen LogP contribution is 2.26. The Kier molecular flexibility index (Phi) is 5.83. The van der Waals surface area contributed by atoms with E-state index in [4.69, 9.17) is 5.73 Å². The van der Waals surface area contributed by atoms with Crippen LogP contribution in [-0.2, 0) is 6.42 Å². The van der Waals surface area contributed by atoms with Crippen LogP contribution in [0.25, 0.3) is 11.3 Å². The van der Waals surface area contributed by atoms with E-state index >= 15 is 0 Å². The van der Waals surface area contributed by atoms with Gasteiger partial charge in [-0.1, -0.05) is 37.6 Å². The molecule has 0 aliphatic heterocycles. The minimum atomic E-state index is -0.648. The Balaban J connectivity index is 1.66. The summed E-state index contributed by atoms with van der Waals surface area (Å²) in [6, 6.07) is 14.1. The van der Waals surface area contributed by atoms with Gasteiger partial charge in [0.25, 0.3) is 5.91 Å². The summed E-state index contributed by atoms with van der Waals surface area (Å²) in [4.78, 5) is 27.7. The van der Waals surface area contributed by atoms with Crippen LogP contribution >= 0.6 is 11.3 Å². The van der Waals surface area contributed by atoms with Gasteiger partial charge in [-0.2, -0.15) is 0 Å². The molecule has 3 rings (SSSR count). The zero-order valence-electron chi connectivity index (χ0n) is 14.9. The summed E-state index contributed by atoms with van der Waals surface area (Å²) in [6.07, 6.45) is 2.18. The molecule has 1 heterocycles. The van der Waals surface area contributed by atoms with Crippen molar-refractivity contribution in [2.24, 2.45) is 5.73 Å². The van der Waals surface area contributed by atoms with E-state index in [9.17, 15) is 9.59 Å². The maximum Gasteiger partial charge on any atom is 0.316 e. The van der Waals surface area contributed by atoms with Crippen LogP contribution in [0.1, 0.15) is 29.3 Å². The maximum absolute atomic E-state index is 12.4. The molecule has 7 heteroatoms. The number of primary amides is 1. The molecule has 138 valence electrons. The Morgan fingerprint density at radius 2 is 1.74 bits per heavy atom. The molecule has 0 unspecified atom stereocenters. The number of carbonyl (C=O) groups is 2. The first-order valence-corrected chi connectivity index (χ1v) is 9.46. The molecule has 0 fully saturated rings. The molecule has 0 saturated carbocycles. The zero-order valence-corrected chi connectivity index (χ0v) is 15.7. The summed E-state index contributed by atoms with van der Waals surface area (Å²) in [5.41, 5.74) is 9.21. The highest BCUT2D eigenvalue weighted by molar-refractivity contribution is 7.14. The number of rotatable bonds is 6. The van der Waals surface area contributed by atoms with Crippen molar-refractivity contribution in [2.75, 3.05) is 10.6 Å². The van der Waals surface area contributed by atoms with E-state index in [0.29, 0.717) is 16.4 Å². The van der Waals surface area contributed by atoms with Crippen LogP contribution in [0.2, 0.25) is 0 Å². The molecule has 3 amide bonds. The van der Waals surface area contributed by atoms with Gasteiger partial charge in [0, 0.05) is 22.2 Å². The number of aromatic nitrogens is 1. The largest absolute Gasteiger partial charge is 0.351 e. The van der Waals surface area contributed by atoms with Crippen LogP contribution in [0, 0.1) is 0 Å². The second-order valence-corrected chi connectivity index (χ2v) is 6.86. The first kappa shape index (κ1) is 18.6. The van der Waals surface area contributed by atoms with E-state index in [1.54, 1.807) is 24.3 Å². The Labute approximate surface area is 161 Å². The number of anilines is 2. The molecule has 6 nitrogen and oxygen atoms in total. The second-order valence-electron chi connectivity index (χ2n) is 6.01. The zero-order chi connectivity index (χ0) is 19.2. The van der Waals surface area contributed by atoms with Crippen LogP contribution in [0.3, 0.4) is 0 Å². The van der Waals surface area contributed by atoms with Gasteiger partial charge >= 0.3 is 6.03 Å². The van der Waals surface area contributed by atoms with Gasteiger partial charge < -0.3 is 11.1 Å². The molecule has 0 spiro atoms. The molecule has 0 saturated heterocycles. The minimum Gasteiger partial charge on any atom is -0.351 e. The van der Waals surface area contributed by atoms with Crippen LogP contribution in [0.5, 0.6) is 0 Å². The lowest BCUT2D eigenvalue weighted by Gasteiger charge is -2.04. The SMILES string of the molecule is CCCc1ccc(-c2csc(NC(=O)c3ccc(NC(N)=O)cc3)n2)cc1. The molecule has 0 aliphatic carbocycles. The number of urea groups is 1. The molecule has 4 N–H and O–H groups in total. The van der Waals surface area contributed by atoms with Gasteiger partial charge in [0.05, 0.1) is 5.69 Å². The van der Waals surface area contributed by atoms with Crippen molar-refractivity contribution in [3.05, 3.63) is 65.0 Å². The van der Waals surface area contributed by atoms with E-state index in [1.807, 2.05) is 5.38 Å². The third kappa shape index (κ3) is 4.92. The van der Waals surface area contributed by atoms with Crippen LogP contribution in [0.4, 0.5) is 15.6 Å². The van der Waals surface area contributed by atoms with E-state index < -0.39 is 6.03 Å². The predicted molar refractivity (Wildman–Crippen MR) is 109 cm³/mol. The van der Waals surface area contributed by atoms with E-state index in [-0.39, 0.29) is 5.91 Å². The number of thiazole rings is 1. The first-order chi connectivity index (χ1) is 13.0. The van der Waals surface area contributed by atoms with Crippen molar-refractivity contribution < 1.29 is 9.59 Å². The third-order valence-electron chi connectivity index (χ3n) is 3.93. The fourth-order valence-corrected chi connectivity index (χ4v) is 3.33. The molecule has 27 heavy (non-hydrogen) atoms. The number of amides is 3. The summed E-state index contributed by atoms with van der Waals surface area (Å²) >= 11 is 1.38. The molecule has 3 aromatic rings. The number of hydrogen-bond acceptors (Lipinski definition) is 4.